The van der Waals surface area contributed by atoms with Crippen molar-refractivity contribution in [2.45, 2.75) is 13.0 Å². The summed E-state index contributed by atoms with van der Waals surface area (Å²) in [5.41, 5.74) is 7.64. The van der Waals surface area contributed by atoms with Crippen LogP contribution in [0.1, 0.15) is 11.1 Å². The van der Waals surface area contributed by atoms with Crippen LogP contribution in [0.25, 0.3) is 0 Å². The van der Waals surface area contributed by atoms with Gasteiger partial charge in [0.15, 0.2) is 11.5 Å². The van der Waals surface area contributed by atoms with Crippen LogP contribution in [0, 0.1) is 0 Å². The lowest BCUT2D eigenvalue weighted by Crippen LogP contribution is -2.17. The quantitative estimate of drug-likeness (QED) is 0.750. The van der Waals surface area contributed by atoms with Gasteiger partial charge in [0.1, 0.15) is 0 Å². The number of nitrogen functional groups attached to an aromatic ring is 1. The molecule has 0 radical (unpaired) electrons. The summed E-state index contributed by atoms with van der Waals surface area (Å²) in [6.45, 7) is 1.56. The van der Waals surface area contributed by atoms with E-state index in [1.807, 2.05) is 18.2 Å². The van der Waals surface area contributed by atoms with Crippen molar-refractivity contribution >= 4 is 5.95 Å². The molecule has 21 heavy (non-hydrogen) atoms. The molecule has 2 rings (SSSR count). The second-order valence-corrected chi connectivity index (χ2v) is 4.57. The van der Waals surface area contributed by atoms with Gasteiger partial charge < -0.3 is 20.5 Å². The molecule has 2 aromatic rings. The molecule has 6 heteroatoms. The van der Waals surface area contributed by atoms with Crippen LogP contribution in [0.15, 0.2) is 30.6 Å². The zero-order valence-corrected chi connectivity index (χ0v) is 12.3. The molecule has 0 saturated carbocycles. The van der Waals surface area contributed by atoms with E-state index in [4.69, 9.17) is 15.2 Å². The molecule has 0 amide bonds. The zero-order chi connectivity index (χ0) is 15.1. The lowest BCUT2D eigenvalue weighted by atomic mass is 10.1. The Balaban J connectivity index is 1.82. The molecule has 1 aromatic carbocycles. The summed E-state index contributed by atoms with van der Waals surface area (Å²) in [6, 6.07) is 5.95. The Labute approximate surface area is 124 Å². The third-order valence-corrected chi connectivity index (χ3v) is 3.09. The van der Waals surface area contributed by atoms with Gasteiger partial charge in [-0.1, -0.05) is 6.07 Å². The number of nitrogens with two attached hydrogens (primary N) is 1. The molecular weight excluding hydrogens is 268 g/mol. The first kappa shape index (κ1) is 15.1. The van der Waals surface area contributed by atoms with Crippen LogP contribution in [-0.4, -0.2) is 30.7 Å². The molecule has 0 aliphatic heterocycles. The van der Waals surface area contributed by atoms with E-state index in [2.05, 4.69) is 15.3 Å². The van der Waals surface area contributed by atoms with Crippen LogP contribution in [0.3, 0.4) is 0 Å². The summed E-state index contributed by atoms with van der Waals surface area (Å²) in [5.74, 6) is 1.79. The van der Waals surface area contributed by atoms with Crippen molar-refractivity contribution in [2.24, 2.45) is 0 Å². The second kappa shape index (κ2) is 7.44. The minimum absolute atomic E-state index is 0.295. The van der Waals surface area contributed by atoms with E-state index in [1.54, 1.807) is 26.6 Å². The monoisotopic (exact) mass is 288 g/mol. The van der Waals surface area contributed by atoms with Gasteiger partial charge >= 0.3 is 0 Å². The average molecular weight is 288 g/mol. The average Bonchev–Trinajstić information content (AvgIpc) is 2.53. The first-order chi connectivity index (χ1) is 10.2. The normalized spacial score (nSPS) is 10.4. The van der Waals surface area contributed by atoms with Crippen molar-refractivity contribution < 1.29 is 9.47 Å². The number of nitrogens with zero attached hydrogens (tertiary/aromatic N) is 2. The maximum absolute atomic E-state index is 5.44. The summed E-state index contributed by atoms with van der Waals surface area (Å²) in [6.07, 6.45) is 4.35. The molecule has 0 fully saturated rings. The number of ether oxygens (including phenoxy) is 2. The summed E-state index contributed by atoms with van der Waals surface area (Å²) >= 11 is 0. The van der Waals surface area contributed by atoms with E-state index in [0.717, 1.165) is 30.0 Å². The fourth-order valence-electron chi connectivity index (χ4n) is 1.96. The highest BCUT2D eigenvalue weighted by molar-refractivity contribution is 5.42. The highest BCUT2D eigenvalue weighted by Gasteiger charge is 2.04. The Morgan fingerprint density at radius 1 is 1.05 bits per heavy atom. The van der Waals surface area contributed by atoms with Crippen molar-refractivity contribution in [3.63, 3.8) is 0 Å². The first-order valence-electron chi connectivity index (χ1n) is 6.71. The Morgan fingerprint density at radius 2 is 1.76 bits per heavy atom. The first-order valence-corrected chi connectivity index (χ1v) is 6.71. The molecule has 0 saturated heterocycles. The molecule has 3 N–H and O–H groups in total. The number of nitrogens with one attached hydrogen (secondary N) is 1. The predicted molar refractivity (Wildman–Crippen MR) is 81.4 cm³/mol. The van der Waals surface area contributed by atoms with Crippen molar-refractivity contribution in [1.82, 2.24) is 15.3 Å². The Hall–Kier alpha value is -2.34. The second-order valence-electron chi connectivity index (χ2n) is 4.57. The molecule has 0 spiro atoms. The van der Waals surface area contributed by atoms with Crippen LogP contribution >= 0.6 is 0 Å². The number of hydrogen-bond donors (Lipinski definition) is 2. The Bertz CT molecular complexity index is 572. The molecule has 0 unspecified atom stereocenters. The Morgan fingerprint density at radius 3 is 2.43 bits per heavy atom. The highest BCUT2D eigenvalue weighted by atomic mass is 16.5. The third kappa shape index (κ3) is 4.32. The number of rotatable bonds is 7. The number of methoxy groups -OCH3 is 2. The third-order valence-electron chi connectivity index (χ3n) is 3.09. The van der Waals surface area contributed by atoms with Gasteiger partial charge in [-0.25, -0.2) is 9.97 Å². The molecule has 0 bridgehead atoms. The number of benzene rings is 1. The molecule has 0 aliphatic rings. The van der Waals surface area contributed by atoms with Crippen LogP contribution < -0.4 is 20.5 Å². The molecular formula is C15H20N4O2. The van der Waals surface area contributed by atoms with Gasteiger partial charge in [-0.05, 0) is 30.7 Å². The van der Waals surface area contributed by atoms with Crippen molar-refractivity contribution in [1.29, 1.82) is 0 Å². The maximum Gasteiger partial charge on any atom is 0.219 e. The van der Waals surface area contributed by atoms with E-state index in [-0.39, 0.29) is 0 Å². The number of aromatic nitrogens is 2. The molecule has 112 valence electrons. The summed E-state index contributed by atoms with van der Waals surface area (Å²) in [7, 11) is 3.27. The van der Waals surface area contributed by atoms with Crippen molar-refractivity contribution in [3.05, 3.63) is 41.7 Å². The van der Waals surface area contributed by atoms with Crippen LogP contribution in [-0.2, 0) is 13.0 Å². The number of anilines is 1. The van der Waals surface area contributed by atoms with Gasteiger partial charge in [0, 0.05) is 24.5 Å². The van der Waals surface area contributed by atoms with Crippen molar-refractivity contribution in [2.75, 3.05) is 26.5 Å². The van der Waals surface area contributed by atoms with E-state index >= 15 is 0 Å². The smallest absolute Gasteiger partial charge is 0.219 e. The lowest BCUT2D eigenvalue weighted by molar-refractivity contribution is 0.354. The lowest BCUT2D eigenvalue weighted by Gasteiger charge is -2.10. The minimum Gasteiger partial charge on any atom is -0.493 e. The predicted octanol–water partition coefficient (Wildman–Crippen LogP) is 1.41. The van der Waals surface area contributed by atoms with E-state index in [0.29, 0.717) is 12.5 Å². The summed E-state index contributed by atoms with van der Waals surface area (Å²) < 4.78 is 10.5. The maximum atomic E-state index is 5.44. The summed E-state index contributed by atoms with van der Waals surface area (Å²) in [5, 5.41) is 3.34. The van der Waals surface area contributed by atoms with Crippen LogP contribution in [0.4, 0.5) is 5.95 Å². The van der Waals surface area contributed by atoms with Crippen molar-refractivity contribution in [3.8, 4) is 11.5 Å². The minimum atomic E-state index is 0.295. The molecule has 0 aliphatic carbocycles. The van der Waals surface area contributed by atoms with Crippen LogP contribution in [0.2, 0.25) is 0 Å². The number of hydrogen-bond acceptors (Lipinski definition) is 6. The van der Waals surface area contributed by atoms with E-state index < -0.39 is 0 Å². The summed E-state index contributed by atoms with van der Waals surface area (Å²) in [4.78, 5) is 7.91. The van der Waals surface area contributed by atoms with Gasteiger partial charge in [0.05, 0.1) is 14.2 Å². The molecule has 1 heterocycles. The van der Waals surface area contributed by atoms with E-state index in [1.165, 1.54) is 5.56 Å². The fourth-order valence-corrected chi connectivity index (χ4v) is 1.96. The van der Waals surface area contributed by atoms with Gasteiger partial charge in [0.2, 0.25) is 5.95 Å². The van der Waals surface area contributed by atoms with Gasteiger partial charge in [-0.2, -0.15) is 0 Å². The Kier molecular flexibility index (Phi) is 5.34. The molecule has 6 nitrogen and oxygen atoms in total. The topological polar surface area (TPSA) is 82.3 Å². The van der Waals surface area contributed by atoms with Gasteiger partial charge in [-0.3, -0.25) is 0 Å². The fraction of sp³-hybridized carbons (Fsp3) is 0.333. The van der Waals surface area contributed by atoms with E-state index in [9.17, 15) is 0 Å². The van der Waals surface area contributed by atoms with Crippen LogP contribution in [0.5, 0.6) is 11.5 Å². The molecule has 1 aromatic heterocycles. The largest absolute Gasteiger partial charge is 0.493 e. The SMILES string of the molecule is COc1ccc(CCNCc2cnc(N)nc2)cc1OC. The zero-order valence-electron chi connectivity index (χ0n) is 12.3. The van der Waals surface area contributed by atoms with Gasteiger partial charge in [-0.15, -0.1) is 0 Å². The van der Waals surface area contributed by atoms with Gasteiger partial charge in [0.25, 0.3) is 0 Å². The standard InChI is InChI=1S/C15H20N4O2/c1-20-13-4-3-11(7-14(13)21-2)5-6-17-8-12-9-18-15(16)19-10-12/h3-4,7,9-10,17H,5-6,8H2,1-2H3,(H2,16,18,19). The molecule has 0 atom stereocenters. The highest BCUT2D eigenvalue weighted by Crippen LogP contribution is 2.27.